The first-order valence-electron chi connectivity index (χ1n) is 5.72. The quantitative estimate of drug-likeness (QED) is 0.312. The molecule has 0 saturated heterocycles. The largest absolute Gasteiger partial charge is 0.433 e. The first-order chi connectivity index (χ1) is 7.59. The molecule has 0 bridgehead atoms. The van der Waals surface area contributed by atoms with Crippen LogP contribution >= 0.6 is 0 Å². The minimum Gasteiger partial charge on any atom is -0.433 e. The summed E-state index contributed by atoms with van der Waals surface area (Å²) in [5.74, 6) is 0.159. The Bertz CT molecular complexity index is 281. The Morgan fingerprint density at radius 2 is 2.31 bits per heavy atom. The van der Waals surface area contributed by atoms with E-state index in [1.165, 1.54) is 0 Å². The minimum absolute atomic E-state index is 0.393. The van der Waals surface area contributed by atoms with Gasteiger partial charge in [0.25, 0.3) is 0 Å². The summed E-state index contributed by atoms with van der Waals surface area (Å²) in [6.07, 6.45) is 7.21. The fourth-order valence-electron chi connectivity index (χ4n) is 1.56. The summed E-state index contributed by atoms with van der Waals surface area (Å²) in [7, 11) is 0. The average Bonchev–Trinajstić information content (AvgIpc) is 2.27. The monoisotopic (exact) mass is 224 g/mol. The topological polar surface area (TPSA) is 35.5 Å². The number of esters is 1. The average molecular weight is 224 g/mol. The van der Waals surface area contributed by atoms with E-state index < -0.39 is 12.3 Å². The van der Waals surface area contributed by atoms with Gasteiger partial charge in [0, 0.05) is 5.57 Å². The van der Waals surface area contributed by atoms with Gasteiger partial charge in [0.15, 0.2) is 6.29 Å². The zero-order valence-electron chi connectivity index (χ0n) is 10.1. The number of hydrogen-bond acceptors (Lipinski definition) is 3. The van der Waals surface area contributed by atoms with Crippen LogP contribution in [0.4, 0.5) is 0 Å². The van der Waals surface area contributed by atoms with E-state index in [1.807, 2.05) is 0 Å². The van der Waals surface area contributed by atoms with Crippen molar-refractivity contribution in [2.45, 2.75) is 39.4 Å². The molecule has 1 rings (SSSR count). The summed E-state index contributed by atoms with van der Waals surface area (Å²) < 4.78 is 10.5. The van der Waals surface area contributed by atoms with Crippen LogP contribution in [0.2, 0.25) is 0 Å². The van der Waals surface area contributed by atoms with Crippen LogP contribution in [-0.2, 0) is 14.3 Å². The molecule has 0 fully saturated rings. The van der Waals surface area contributed by atoms with Gasteiger partial charge in [-0.3, -0.25) is 0 Å². The number of rotatable bonds is 5. The highest BCUT2D eigenvalue weighted by Crippen LogP contribution is 2.18. The third-order valence-electron chi connectivity index (χ3n) is 2.57. The molecule has 0 amide bonds. The molecule has 1 aliphatic rings. The molecular formula is C13H20O3. The Morgan fingerprint density at radius 1 is 1.56 bits per heavy atom. The summed E-state index contributed by atoms with van der Waals surface area (Å²) in [6, 6.07) is 0. The van der Waals surface area contributed by atoms with Gasteiger partial charge in [0.05, 0.1) is 6.61 Å². The van der Waals surface area contributed by atoms with Crippen molar-refractivity contribution >= 4 is 5.97 Å². The van der Waals surface area contributed by atoms with Crippen LogP contribution in [0.25, 0.3) is 0 Å². The second kappa shape index (κ2) is 6.48. The maximum absolute atomic E-state index is 11.2. The SMILES string of the molecule is C=C(C)C(=O)OC(C)OCC1CC=CCC1. The van der Waals surface area contributed by atoms with Crippen LogP contribution in [0.3, 0.4) is 0 Å². The van der Waals surface area contributed by atoms with Crippen molar-refractivity contribution in [2.75, 3.05) is 6.61 Å². The van der Waals surface area contributed by atoms with Crippen molar-refractivity contribution < 1.29 is 14.3 Å². The molecular weight excluding hydrogens is 204 g/mol. The molecule has 90 valence electrons. The summed E-state index contributed by atoms with van der Waals surface area (Å²) in [5.41, 5.74) is 0.399. The second-order valence-electron chi connectivity index (χ2n) is 4.24. The van der Waals surface area contributed by atoms with Gasteiger partial charge in [-0.05, 0) is 39.0 Å². The summed E-state index contributed by atoms with van der Waals surface area (Å²) in [5, 5.41) is 0. The fraction of sp³-hybridized carbons (Fsp3) is 0.615. The Kier molecular flexibility index (Phi) is 5.26. The Labute approximate surface area is 97.1 Å². The van der Waals surface area contributed by atoms with Gasteiger partial charge in [-0.1, -0.05) is 18.7 Å². The van der Waals surface area contributed by atoms with E-state index in [4.69, 9.17) is 9.47 Å². The van der Waals surface area contributed by atoms with Gasteiger partial charge < -0.3 is 9.47 Å². The zero-order valence-corrected chi connectivity index (χ0v) is 10.1. The molecule has 3 heteroatoms. The van der Waals surface area contributed by atoms with Gasteiger partial charge >= 0.3 is 5.97 Å². The molecule has 0 heterocycles. The zero-order chi connectivity index (χ0) is 12.0. The van der Waals surface area contributed by atoms with Gasteiger partial charge in [0.1, 0.15) is 0 Å². The van der Waals surface area contributed by atoms with Crippen molar-refractivity contribution in [3.8, 4) is 0 Å². The maximum atomic E-state index is 11.2. The molecule has 0 aromatic rings. The van der Waals surface area contributed by atoms with Gasteiger partial charge in [-0.25, -0.2) is 4.79 Å². The molecule has 2 atom stereocenters. The lowest BCUT2D eigenvalue weighted by atomic mass is 9.95. The molecule has 16 heavy (non-hydrogen) atoms. The maximum Gasteiger partial charge on any atom is 0.335 e. The fourth-order valence-corrected chi connectivity index (χ4v) is 1.56. The van der Waals surface area contributed by atoms with Crippen molar-refractivity contribution in [1.82, 2.24) is 0 Å². The van der Waals surface area contributed by atoms with Gasteiger partial charge in [-0.15, -0.1) is 0 Å². The number of allylic oxidation sites excluding steroid dienone is 2. The lowest BCUT2D eigenvalue weighted by Gasteiger charge is -2.20. The third-order valence-corrected chi connectivity index (χ3v) is 2.57. The molecule has 0 N–H and O–H groups in total. The van der Waals surface area contributed by atoms with Crippen LogP contribution in [0.1, 0.15) is 33.1 Å². The standard InChI is InChI=1S/C13H20O3/c1-10(2)13(14)16-11(3)15-9-12-7-5-4-6-8-12/h4-5,11-12H,1,6-9H2,2-3H3. The van der Waals surface area contributed by atoms with Crippen molar-refractivity contribution in [1.29, 1.82) is 0 Å². The number of ether oxygens (including phenoxy) is 2. The molecule has 0 saturated carbocycles. The Balaban J connectivity index is 2.19. The molecule has 2 unspecified atom stereocenters. The number of carbonyl (C=O) groups excluding carboxylic acids is 1. The van der Waals surface area contributed by atoms with E-state index in [0.29, 0.717) is 18.1 Å². The highest BCUT2D eigenvalue weighted by atomic mass is 16.7. The van der Waals surface area contributed by atoms with E-state index in [9.17, 15) is 4.79 Å². The summed E-state index contributed by atoms with van der Waals surface area (Å²) in [4.78, 5) is 11.2. The van der Waals surface area contributed by atoms with Crippen molar-refractivity contribution in [3.05, 3.63) is 24.3 Å². The van der Waals surface area contributed by atoms with E-state index >= 15 is 0 Å². The molecule has 0 aromatic heterocycles. The molecule has 3 nitrogen and oxygen atoms in total. The van der Waals surface area contributed by atoms with E-state index in [-0.39, 0.29) is 0 Å². The third kappa shape index (κ3) is 4.62. The highest BCUT2D eigenvalue weighted by molar-refractivity contribution is 5.86. The van der Waals surface area contributed by atoms with Crippen molar-refractivity contribution in [2.24, 2.45) is 5.92 Å². The highest BCUT2D eigenvalue weighted by Gasteiger charge is 2.14. The lowest BCUT2D eigenvalue weighted by molar-refractivity contribution is -0.172. The number of carbonyl (C=O) groups is 1. The van der Waals surface area contributed by atoms with E-state index in [2.05, 4.69) is 18.7 Å². The minimum atomic E-state index is -0.491. The Morgan fingerprint density at radius 3 is 2.88 bits per heavy atom. The van der Waals surface area contributed by atoms with E-state index in [0.717, 1.165) is 19.3 Å². The van der Waals surface area contributed by atoms with Gasteiger partial charge in [-0.2, -0.15) is 0 Å². The number of hydrogen-bond donors (Lipinski definition) is 0. The summed E-state index contributed by atoms with van der Waals surface area (Å²) in [6.45, 7) is 7.53. The van der Waals surface area contributed by atoms with Crippen LogP contribution < -0.4 is 0 Å². The predicted molar refractivity (Wildman–Crippen MR) is 62.8 cm³/mol. The van der Waals surface area contributed by atoms with Crippen LogP contribution in [0.15, 0.2) is 24.3 Å². The first kappa shape index (κ1) is 13.0. The smallest absolute Gasteiger partial charge is 0.335 e. The lowest BCUT2D eigenvalue weighted by Crippen LogP contribution is -2.22. The van der Waals surface area contributed by atoms with E-state index in [1.54, 1.807) is 13.8 Å². The van der Waals surface area contributed by atoms with Crippen LogP contribution in [0, 0.1) is 5.92 Å². The predicted octanol–water partition coefficient (Wildman–Crippen LogP) is 2.82. The summed E-state index contributed by atoms with van der Waals surface area (Å²) >= 11 is 0. The van der Waals surface area contributed by atoms with Crippen LogP contribution in [0.5, 0.6) is 0 Å². The molecule has 0 spiro atoms. The molecule has 0 radical (unpaired) electrons. The molecule has 1 aliphatic carbocycles. The van der Waals surface area contributed by atoms with Crippen molar-refractivity contribution in [3.63, 3.8) is 0 Å². The normalized spacial score (nSPS) is 21.5. The van der Waals surface area contributed by atoms with Gasteiger partial charge in [0.2, 0.25) is 0 Å². The Hall–Kier alpha value is -1.09. The first-order valence-corrected chi connectivity index (χ1v) is 5.72. The van der Waals surface area contributed by atoms with Crippen LogP contribution in [-0.4, -0.2) is 18.9 Å². The molecule has 0 aliphatic heterocycles. The molecule has 0 aromatic carbocycles. The second-order valence-corrected chi connectivity index (χ2v) is 4.24.